The minimum Gasteiger partial charge on any atom is -0.382 e. The third-order valence-electron chi connectivity index (χ3n) is 3.69. The molecule has 116 valence electrons. The maximum Gasteiger partial charge on any atom is 0.252 e. The molecule has 4 nitrogen and oxygen atoms in total. The second-order valence-electron chi connectivity index (χ2n) is 5.44. The second-order valence-corrected chi connectivity index (χ2v) is 5.44. The highest BCUT2D eigenvalue weighted by Crippen LogP contribution is 2.24. The van der Waals surface area contributed by atoms with Gasteiger partial charge in [0.15, 0.2) is 6.10 Å². The van der Waals surface area contributed by atoms with Crippen LogP contribution in [0, 0.1) is 0 Å². The van der Waals surface area contributed by atoms with Crippen molar-refractivity contribution in [2.45, 2.75) is 25.0 Å². The van der Waals surface area contributed by atoms with E-state index in [1.54, 1.807) is 24.3 Å². The van der Waals surface area contributed by atoms with Crippen LogP contribution < -0.4 is 5.32 Å². The smallest absolute Gasteiger partial charge is 0.252 e. The lowest BCUT2D eigenvalue weighted by Crippen LogP contribution is -2.48. The van der Waals surface area contributed by atoms with Crippen molar-refractivity contribution in [3.63, 3.8) is 0 Å². The van der Waals surface area contributed by atoms with Crippen molar-refractivity contribution in [1.29, 1.82) is 0 Å². The van der Waals surface area contributed by atoms with E-state index in [0.29, 0.717) is 18.5 Å². The third-order valence-corrected chi connectivity index (χ3v) is 3.69. The first-order valence-electron chi connectivity index (χ1n) is 7.29. The van der Waals surface area contributed by atoms with Crippen LogP contribution in [0.5, 0.6) is 0 Å². The average molecular weight is 299 g/mol. The monoisotopic (exact) mass is 299 g/mol. The molecule has 2 rings (SSSR count). The molecule has 0 radical (unpaired) electrons. The summed E-state index contributed by atoms with van der Waals surface area (Å²) in [5, 5.41) is 23.2. The van der Waals surface area contributed by atoms with Crippen molar-refractivity contribution in [1.82, 2.24) is 5.32 Å². The van der Waals surface area contributed by atoms with Gasteiger partial charge in [0.1, 0.15) is 5.60 Å². The molecule has 2 aromatic carbocycles. The number of amides is 1. The number of carbonyl (C=O) groups excluding carboxylic acids is 1. The van der Waals surface area contributed by atoms with Crippen LogP contribution in [0.25, 0.3) is 0 Å². The molecule has 0 fully saturated rings. The number of carbonyl (C=O) groups is 1. The van der Waals surface area contributed by atoms with Gasteiger partial charge in [-0.05, 0) is 24.5 Å². The number of hydrogen-bond donors (Lipinski definition) is 3. The average Bonchev–Trinajstić information content (AvgIpc) is 2.55. The topological polar surface area (TPSA) is 69.6 Å². The minimum absolute atomic E-state index is 0.408. The summed E-state index contributed by atoms with van der Waals surface area (Å²) >= 11 is 0. The maximum absolute atomic E-state index is 12.0. The molecule has 2 atom stereocenters. The van der Waals surface area contributed by atoms with Gasteiger partial charge in [-0.25, -0.2) is 0 Å². The molecular weight excluding hydrogens is 278 g/mol. The quantitative estimate of drug-likeness (QED) is 0.759. The van der Waals surface area contributed by atoms with Crippen LogP contribution in [-0.4, -0.2) is 28.8 Å². The highest BCUT2D eigenvalue weighted by molar-refractivity contribution is 5.82. The van der Waals surface area contributed by atoms with Crippen LogP contribution in [0.15, 0.2) is 60.7 Å². The van der Waals surface area contributed by atoms with Crippen molar-refractivity contribution >= 4 is 5.91 Å². The van der Waals surface area contributed by atoms with Gasteiger partial charge in [0.2, 0.25) is 0 Å². The van der Waals surface area contributed by atoms with Gasteiger partial charge in [-0.2, -0.15) is 0 Å². The molecule has 0 heterocycles. The molecular formula is C18H21NO3. The highest BCUT2D eigenvalue weighted by atomic mass is 16.3. The van der Waals surface area contributed by atoms with Gasteiger partial charge in [-0.15, -0.1) is 0 Å². The van der Waals surface area contributed by atoms with E-state index < -0.39 is 17.6 Å². The van der Waals surface area contributed by atoms with Crippen LogP contribution in [0.3, 0.4) is 0 Å². The summed E-state index contributed by atoms with van der Waals surface area (Å²) in [7, 11) is 0. The lowest BCUT2D eigenvalue weighted by molar-refractivity contribution is -0.144. The molecule has 0 aromatic heterocycles. The van der Waals surface area contributed by atoms with Crippen molar-refractivity contribution in [3.8, 4) is 0 Å². The third kappa shape index (κ3) is 3.93. The lowest BCUT2D eigenvalue weighted by Gasteiger charge is -2.28. The van der Waals surface area contributed by atoms with Gasteiger partial charge in [-0.3, -0.25) is 4.79 Å². The molecule has 2 unspecified atom stereocenters. The lowest BCUT2D eigenvalue weighted by atomic mass is 9.89. The predicted molar refractivity (Wildman–Crippen MR) is 85.2 cm³/mol. The zero-order chi connectivity index (χ0) is 16.0. The van der Waals surface area contributed by atoms with E-state index in [-0.39, 0.29) is 0 Å². The van der Waals surface area contributed by atoms with Gasteiger partial charge in [0.05, 0.1) is 0 Å². The van der Waals surface area contributed by atoms with Gasteiger partial charge in [0.25, 0.3) is 5.91 Å². The molecule has 0 spiro atoms. The standard InChI is InChI=1S/C18H21NO3/c1-18(22,15-10-6-3-7-11-15)16(20)17(21)19-13-12-14-8-4-2-5-9-14/h2-11,16,20,22H,12-13H2,1H3,(H,19,21). The Morgan fingerprint density at radius 2 is 1.64 bits per heavy atom. The fourth-order valence-corrected chi connectivity index (χ4v) is 2.26. The molecule has 0 saturated heterocycles. The number of nitrogens with one attached hydrogen (secondary N) is 1. The zero-order valence-corrected chi connectivity index (χ0v) is 12.6. The zero-order valence-electron chi connectivity index (χ0n) is 12.6. The molecule has 4 heteroatoms. The van der Waals surface area contributed by atoms with E-state index in [2.05, 4.69) is 5.32 Å². The Morgan fingerprint density at radius 3 is 2.23 bits per heavy atom. The number of rotatable bonds is 6. The summed E-state index contributed by atoms with van der Waals surface area (Å²) < 4.78 is 0. The largest absolute Gasteiger partial charge is 0.382 e. The molecule has 0 aliphatic rings. The van der Waals surface area contributed by atoms with Gasteiger partial charge >= 0.3 is 0 Å². The van der Waals surface area contributed by atoms with Crippen molar-refractivity contribution in [2.75, 3.05) is 6.54 Å². The van der Waals surface area contributed by atoms with Gasteiger partial charge < -0.3 is 15.5 Å². The SMILES string of the molecule is CC(O)(c1ccccc1)C(O)C(=O)NCCc1ccccc1. The molecule has 0 aliphatic carbocycles. The van der Waals surface area contributed by atoms with Crippen molar-refractivity contribution < 1.29 is 15.0 Å². The van der Waals surface area contributed by atoms with Crippen molar-refractivity contribution in [2.24, 2.45) is 0 Å². The normalized spacial score (nSPS) is 14.9. The number of aliphatic hydroxyl groups is 2. The van der Waals surface area contributed by atoms with Crippen molar-refractivity contribution in [3.05, 3.63) is 71.8 Å². The predicted octanol–water partition coefficient (Wildman–Crippen LogP) is 1.61. The Morgan fingerprint density at radius 1 is 1.09 bits per heavy atom. The molecule has 2 aromatic rings. The number of aliphatic hydroxyl groups excluding tert-OH is 1. The molecule has 0 bridgehead atoms. The molecule has 3 N–H and O–H groups in total. The highest BCUT2D eigenvalue weighted by Gasteiger charge is 2.37. The second kappa shape index (κ2) is 7.20. The van der Waals surface area contributed by atoms with Gasteiger partial charge in [-0.1, -0.05) is 60.7 Å². The summed E-state index contributed by atoms with van der Waals surface area (Å²) in [5.74, 6) is -0.579. The Balaban J connectivity index is 1.91. The minimum atomic E-state index is -1.63. The Bertz CT molecular complexity index is 596. The van der Waals surface area contributed by atoms with E-state index in [4.69, 9.17) is 0 Å². The first-order valence-corrected chi connectivity index (χ1v) is 7.29. The van der Waals surface area contributed by atoms with E-state index in [1.165, 1.54) is 6.92 Å². The summed E-state index contributed by atoms with van der Waals surface area (Å²) in [6, 6.07) is 18.4. The molecule has 22 heavy (non-hydrogen) atoms. The summed E-state index contributed by atoms with van der Waals surface area (Å²) in [5.41, 5.74) is -0.0224. The van der Waals surface area contributed by atoms with E-state index in [9.17, 15) is 15.0 Å². The van der Waals surface area contributed by atoms with E-state index >= 15 is 0 Å². The van der Waals surface area contributed by atoms with Crippen LogP contribution in [0.4, 0.5) is 0 Å². The number of benzene rings is 2. The first-order chi connectivity index (χ1) is 10.5. The molecule has 1 amide bonds. The Labute approximate surface area is 130 Å². The van der Waals surface area contributed by atoms with Crippen LogP contribution in [0.2, 0.25) is 0 Å². The Hall–Kier alpha value is -2.17. The van der Waals surface area contributed by atoms with Crippen LogP contribution in [0.1, 0.15) is 18.1 Å². The maximum atomic E-state index is 12.0. The van der Waals surface area contributed by atoms with Gasteiger partial charge in [0, 0.05) is 6.54 Å². The van der Waals surface area contributed by atoms with E-state index in [1.807, 2.05) is 36.4 Å². The Kier molecular flexibility index (Phi) is 5.31. The first kappa shape index (κ1) is 16.2. The van der Waals surface area contributed by atoms with E-state index in [0.717, 1.165) is 5.56 Å². The fraction of sp³-hybridized carbons (Fsp3) is 0.278. The van der Waals surface area contributed by atoms with Crippen LogP contribution >= 0.6 is 0 Å². The summed E-state index contributed by atoms with van der Waals surface area (Å²) in [6.07, 6.45) is -0.849. The summed E-state index contributed by atoms with van der Waals surface area (Å²) in [4.78, 5) is 12.0. The molecule has 0 saturated carbocycles. The number of hydrogen-bond acceptors (Lipinski definition) is 3. The summed E-state index contributed by atoms with van der Waals surface area (Å²) in [6.45, 7) is 1.84. The van der Waals surface area contributed by atoms with Crippen LogP contribution in [-0.2, 0) is 16.8 Å². The molecule has 0 aliphatic heterocycles. The fourth-order valence-electron chi connectivity index (χ4n) is 2.26.